The molecule has 6 rings (SSSR count). The summed E-state index contributed by atoms with van der Waals surface area (Å²) in [6, 6.07) is 12.8. The molecule has 4 N–H and O–H groups in total. The Morgan fingerprint density at radius 1 is 1.08 bits per heavy atom. The number of rotatable bonds is 11. The number of fused-ring (bicyclic) bond motifs is 1. The molecule has 48 heavy (non-hydrogen) atoms. The maximum absolute atomic E-state index is 15.3. The van der Waals surface area contributed by atoms with Crippen LogP contribution in [0.15, 0.2) is 73.3 Å². The number of carbonyl (C=O) groups is 2. The highest BCUT2D eigenvalue weighted by atomic mass is 19.2. The van der Waals surface area contributed by atoms with E-state index in [1.807, 2.05) is 13.0 Å². The zero-order valence-corrected chi connectivity index (χ0v) is 26.1. The van der Waals surface area contributed by atoms with Crippen LogP contribution in [-0.2, 0) is 11.2 Å². The third kappa shape index (κ3) is 6.94. The minimum Gasteiger partial charge on any atom is -0.436 e. The van der Waals surface area contributed by atoms with Crippen LogP contribution in [0.1, 0.15) is 29.3 Å². The normalized spacial score (nSPS) is 14.6. The summed E-state index contributed by atoms with van der Waals surface area (Å²) in [6.07, 6.45) is 6.76. The molecule has 0 bridgehead atoms. The SMILES string of the molecule is CCc1cc(Nc2nccn3c(-c4ccc(Oc5ccccn5)c(F)c4F)cnc23)ccc1C(=O)NCCC(=O)N1CCN[C@H](CO)C1. The number of imidazole rings is 1. The summed E-state index contributed by atoms with van der Waals surface area (Å²) >= 11 is 0. The molecule has 248 valence electrons. The Labute approximate surface area is 274 Å². The molecule has 1 saturated heterocycles. The summed E-state index contributed by atoms with van der Waals surface area (Å²) in [5.74, 6) is -2.40. The Balaban J connectivity index is 1.14. The summed E-state index contributed by atoms with van der Waals surface area (Å²) in [5, 5.41) is 18.6. The molecule has 5 aromatic rings. The van der Waals surface area contributed by atoms with Gasteiger partial charge < -0.3 is 30.7 Å². The molecule has 0 unspecified atom stereocenters. The number of anilines is 2. The smallest absolute Gasteiger partial charge is 0.251 e. The Morgan fingerprint density at radius 2 is 1.96 bits per heavy atom. The standard InChI is InChI=1S/C34H34F2N8O4/c1-2-21-17-22(6-7-24(21)34(47)40-12-10-29(46)43-15-13-37-23(19-43)20-45)42-32-33-41-18-26(44(33)16-14-39-32)25-8-9-27(31(36)30(25)35)48-28-5-3-4-11-38-28/h3-9,11,14,16-18,23,37,45H,2,10,12-13,15,19-20H2,1H3,(H,39,42)(H,40,47)/t23-/m0/s1. The van der Waals surface area contributed by atoms with Gasteiger partial charge in [0.25, 0.3) is 5.91 Å². The van der Waals surface area contributed by atoms with Crippen LogP contribution in [-0.4, -0.2) is 80.0 Å². The molecule has 2 amide bonds. The number of carbonyl (C=O) groups excluding carboxylic acids is 2. The molecule has 4 heterocycles. The average Bonchev–Trinajstić information content (AvgIpc) is 3.55. The quantitative estimate of drug-likeness (QED) is 0.165. The summed E-state index contributed by atoms with van der Waals surface area (Å²) in [6.45, 7) is 3.69. The van der Waals surface area contributed by atoms with E-state index in [1.165, 1.54) is 36.8 Å². The molecule has 1 aliphatic rings. The van der Waals surface area contributed by atoms with E-state index in [4.69, 9.17) is 4.74 Å². The molecular weight excluding hydrogens is 622 g/mol. The maximum Gasteiger partial charge on any atom is 0.251 e. The summed E-state index contributed by atoms with van der Waals surface area (Å²) < 4.78 is 37.4. The first kappa shape index (κ1) is 32.5. The zero-order chi connectivity index (χ0) is 33.6. The number of aromatic nitrogens is 4. The number of halogens is 2. The fourth-order valence-electron chi connectivity index (χ4n) is 5.57. The summed E-state index contributed by atoms with van der Waals surface area (Å²) in [7, 11) is 0. The second kappa shape index (κ2) is 14.5. The second-order valence-electron chi connectivity index (χ2n) is 11.2. The number of nitrogens with zero attached hydrogens (tertiary/aromatic N) is 5. The van der Waals surface area contributed by atoms with E-state index >= 15 is 8.78 Å². The molecule has 1 aliphatic heterocycles. The first-order chi connectivity index (χ1) is 23.4. The predicted octanol–water partition coefficient (Wildman–Crippen LogP) is 4.08. The molecular formula is C34H34F2N8O4. The lowest BCUT2D eigenvalue weighted by Gasteiger charge is -2.32. The molecule has 0 aliphatic carbocycles. The number of benzene rings is 2. The zero-order valence-electron chi connectivity index (χ0n) is 26.1. The molecule has 1 fully saturated rings. The topological polar surface area (TPSA) is 146 Å². The Morgan fingerprint density at radius 3 is 2.75 bits per heavy atom. The van der Waals surface area contributed by atoms with E-state index in [2.05, 4.69) is 30.9 Å². The average molecular weight is 657 g/mol. The van der Waals surface area contributed by atoms with Crippen molar-refractivity contribution < 1.29 is 28.2 Å². The lowest BCUT2D eigenvalue weighted by Crippen LogP contribution is -2.54. The van der Waals surface area contributed by atoms with Gasteiger partial charge in [-0.2, -0.15) is 4.39 Å². The van der Waals surface area contributed by atoms with Gasteiger partial charge in [-0.25, -0.2) is 19.3 Å². The summed E-state index contributed by atoms with van der Waals surface area (Å²) in [5.41, 5.74) is 2.58. The van der Waals surface area contributed by atoms with Gasteiger partial charge in [0, 0.05) is 80.1 Å². The fraction of sp³-hybridized carbons (Fsp3) is 0.265. The first-order valence-corrected chi connectivity index (χ1v) is 15.6. The Kier molecular flexibility index (Phi) is 9.83. The van der Waals surface area contributed by atoms with Gasteiger partial charge >= 0.3 is 0 Å². The van der Waals surface area contributed by atoms with Crippen LogP contribution in [0.2, 0.25) is 0 Å². The van der Waals surface area contributed by atoms with Gasteiger partial charge in [-0.3, -0.25) is 14.0 Å². The van der Waals surface area contributed by atoms with Gasteiger partial charge in [-0.15, -0.1) is 0 Å². The van der Waals surface area contributed by atoms with Gasteiger partial charge in [-0.05, 0) is 48.4 Å². The van der Waals surface area contributed by atoms with Crippen LogP contribution < -0.4 is 20.7 Å². The number of piperazine rings is 1. The maximum atomic E-state index is 15.3. The minimum atomic E-state index is -1.15. The highest BCUT2D eigenvalue weighted by molar-refractivity contribution is 5.96. The van der Waals surface area contributed by atoms with E-state index in [1.54, 1.807) is 39.8 Å². The van der Waals surface area contributed by atoms with Crippen molar-refractivity contribution in [1.82, 2.24) is 34.9 Å². The molecule has 3 aromatic heterocycles. The van der Waals surface area contributed by atoms with E-state index in [0.29, 0.717) is 54.5 Å². The number of hydrogen-bond donors (Lipinski definition) is 4. The highest BCUT2D eigenvalue weighted by Crippen LogP contribution is 2.33. The third-order valence-electron chi connectivity index (χ3n) is 8.05. The second-order valence-corrected chi connectivity index (χ2v) is 11.2. The van der Waals surface area contributed by atoms with Crippen molar-refractivity contribution in [2.45, 2.75) is 25.8 Å². The molecule has 12 nitrogen and oxygen atoms in total. The van der Waals surface area contributed by atoms with Crippen LogP contribution in [0.3, 0.4) is 0 Å². The van der Waals surface area contributed by atoms with E-state index in [-0.39, 0.29) is 54.6 Å². The lowest BCUT2D eigenvalue weighted by atomic mass is 10.0. The first-order valence-electron chi connectivity index (χ1n) is 15.6. The molecule has 14 heteroatoms. The number of hydrogen-bond acceptors (Lipinski definition) is 9. The van der Waals surface area contributed by atoms with Crippen molar-refractivity contribution in [3.8, 4) is 22.9 Å². The predicted molar refractivity (Wildman–Crippen MR) is 174 cm³/mol. The molecule has 1 atom stereocenters. The highest BCUT2D eigenvalue weighted by Gasteiger charge is 2.23. The van der Waals surface area contributed by atoms with Crippen LogP contribution in [0, 0.1) is 11.6 Å². The fourth-order valence-corrected chi connectivity index (χ4v) is 5.57. The molecule has 0 radical (unpaired) electrons. The number of nitrogens with one attached hydrogen (secondary N) is 3. The van der Waals surface area contributed by atoms with E-state index < -0.39 is 11.6 Å². The number of amides is 2. The Bertz CT molecular complexity index is 1940. The van der Waals surface area contributed by atoms with Crippen LogP contribution in [0.25, 0.3) is 16.9 Å². The lowest BCUT2D eigenvalue weighted by molar-refractivity contribution is -0.132. The van der Waals surface area contributed by atoms with Gasteiger partial charge in [0.1, 0.15) is 0 Å². The van der Waals surface area contributed by atoms with Gasteiger partial charge in [-0.1, -0.05) is 13.0 Å². The number of aliphatic hydroxyl groups is 1. The van der Waals surface area contributed by atoms with Crippen LogP contribution >= 0.6 is 0 Å². The Hall–Kier alpha value is -5.47. The number of ether oxygens (including phenoxy) is 1. The minimum absolute atomic E-state index is 0.0156. The largest absolute Gasteiger partial charge is 0.436 e. The van der Waals surface area contributed by atoms with Crippen molar-refractivity contribution in [2.24, 2.45) is 0 Å². The van der Waals surface area contributed by atoms with Gasteiger partial charge in [0.15, 0.2) is 23.0 Å². The van der Waals surface area contributed by atoms with Crippen LogP contribution in [0.5, 0.6) is 11.6 Å². The van der Waals surface area contributed by atoms with Crippen molar-refractivity contribution >= 4 is 29.0 Å². The van der Waals surface area contributed by atoms with E-state index in [0.717, 1.165) is 5.56 Å². The number of aryl methyl sites for hydroxylation is 1. The van der Waals surface area contributed by atoms with Gasteiger partial charge in [0.2, 0.25) is 17.6 Å². The van der Waals surface area contributed by atoms with Crippen molar-refractivity contribution in [2.75, 3.05) is 38.1 Å². The molecule has 0 saturated carbocycles. The number of pyridine rings is 1. The molecule has 2 aromatic carbocycles. The number of aliphatic hydroxyl groups excluding tert-OH is 1. The van der Waals surface area contributed by atoms with Crippen molar-refractivity contribution in [3.63, 3.8) is 0 Å². The van der Waals surface area contributed by atoms with Gasteiger partial charge in [0.05, 0.1) is 18.5 Å². The van der Waals surface area contributed by atoms with Crippen molar-refractivity contribution in [1.29, 1.82) is 0 Å². The van der Waals surface area contributed by atoms with E-state index in [9.17, 15) is 14.7 Å². The molecule has 0 spiro atoms. The summed E-state index contributed by atoms with van der Waals surface area (Å²) in [4.78, 5) is 40.2. The van der Waals surface area contributed by atoms with Crippen LogP contribution in [0.4, 0.5) is 20.3 Å². The monoisotopic (exact) mass is 656 g/mol. The third-order valence-corrected chi connectivity index (χ3v) is 8.05. The van der Waals surface area contributed by atoms with Crippen molar-refractivity contribution in [3.05, 3.63) is 96.1 Å².